The number of amides is 1. The van der Waals surface area contributed by atoms with Crippen LogP contribution in [-0.2, 0) is 11.2 Å². The van der Waals surface area contributed by atoms with E-state index in [0.717, 1.165) is 47.1 Å². The molecular formula is C25H33N3O4S. The molecule has 5 atom stereocenters. The van der Waals surface area contributed by atoms with Crippen molar-refractivity contribution in [1.29, 1.82) is 0 Å². The minimum atomic E-state index is -0.626. The third kappa shape index (κ3) is 4.02. The molecule has 1 heterocycles. The fourth-order valence-electron chi connectivity index (χ4n) is 6.11. The van der Waals surface area contributed by atoms with Crippen LogP contribution in [0, 0.1) is 16.7 Å². The molecule has 0 radical (unpaired) electrons. The van der Waals surface area contributed by atoms with Gasteiger partial charge in [-0.3, -0.25) is 4.79 Å². The second-order valence-electron chi connectivity index (χ2n) is 10.6. The second kappa shape index (κ2) is 8.25. The lowest BCUT2D eigenvalue weighted by Crippen LogP contribution is -2.57. The Labute approximate surface area is 198 Å². The number of aromatic nitrogens is 1. The molecule has 0 aliphatic heterocycles. The summed E-state index contributed by atoms with van der Waals surface area (Å²) in [5, 5.41) is 38.2. The quantitative estimate of drug-likeness (QED) is 0.439. The van der Waals surface area contributed by atoms with Crippen LogP contribution in [0.4, 0.5) is 10.8 Å². The molecule has 1 amide bonds. The highest BCUT2D eigenvalue weighted by atomic mass is 32.1. The number of carbonyl (C=O) groups is 1. The number of carbonyl (C=O) groups excluding carboxylic acids is 1. The third-order valence-corrected chi connectivity index (χ3v) is 9.33. The number of aromatic hydroxyl groups is 1. The molecule has 33 heavy (non-hydrogen) atoms. The van der Waals surface area contributed by atoms with E-state index in [1.165, 1.54) is 0 Å². The van der Waals surface area contributed by atoms with E-state index in [9.17, 15) is 20.1 Å². The number of anilines is 2. The zero-order valence-electron chi connectivity index (χ0n) is 19.2. The normalized spacial score (nSPS) is 33.2. The van der Waals surface area contributed by atoms with E-state index in [1.54, 1.807) is 29.5 Å². The minimum Gasteiger partial charge on any atom is -0.508 e. The molecule has 7 nitrogen and oxygen atoms in total. The number of nitrogens with zero attached hydrogens (tertiary/aromatic N) is 1. The van der Waals surface area contributed by atoms with E-state index < -0.39 is 11.5 Å². The van der Waals surface area contributed by atoms with Crippen LogP contribution < -0.4 is 10.6 Å². The van der Waals surface area contributed by atoms with Gasteiger partial charge in [0.2, 0.25) is 5.91 Å². The molecule has 0 bridgehead atoms. The van der Waals surface area contributed by atoms with Gasteiger partial charge in [0.05, 0.1) is 18.4 Å². The molecule has 8 heteroatoms. The summed E-state index contributed by atoms with van der Waals surface area (Å²) >= 11 is 1.56. The van der Waals surface area contributed by atoms with Gasteiger partial charge in [0.25, 0.3) is 0 Å². The number of nitrogens with one attached hydrogen (secondary N) is 2. The highest BCUT2D eigenvalue weighted by molar-refractivity contribution is 7.15. The molecular weight excluding hydrogens is 438 g/mol. The van der Waals surface area contributed by atoms with Crippen molar-refractivity contribution in [2.75, 3.05) is 11.9 Å². The van der Waals surface area contributed by atoms with Crippen LogP contribution in [-0.4, -0.2) is 45.0 Å². The van der Waals surface area contributed by atoms with Gasteiger partial charge in [-0.1, -0.05) is 19.9 Å². The zero-order valence-corrected chi connectivity index (χ0v) is 20.0. The number of aliphatic hydroxyl groups is 2. The predicted octanol–water partition coefficient (Wildman–Crippen LogP) is 3.68. The predicted molar refractivity (Wildman–Crippen MR) is 128 cm³/mol. The Morgan fingerprint density at radius 1 is 1.27 bits per heavy atom. The van der Waals surface area contributed by atoms with Crippen LogP contribution >= 0.6 is 11.3 Å². The number of rotatable bonds is 6. The molecule has 5 rings (SSSR count). The van der Waals surface area contributed by atoms with Gasteiger partial charge < -0.3 is 26.0 Å². The summed E-state index contributed by atoms with van der Waals surface area (Å²) in [6.45, 7) is 4.12. The molecule has 0 unspecified atom stereocenters. The van der Waals surface area contributed by atoms with Gasteiger partial charge in [-0.2, -0.15) is 0 Å². The highest BCUT2D eigenvalue weighted by Crippen LogP contribution is 2.62. The lowest BCUT2D eigenvalue weighted by Gasteiger charge is -2.58. The number of benzene rings is 1. The Morgan fingerprint density at radius 2 is 2.06 bits per heavy atom. The SMILES string of the molecule is C[C@]1(CO)[C@H]2Cc3sc(Nc4cccc(O)c4)nc3[C@@H](CC(=O)NC3CC3)[C@]2(C)CC[C@H]1O. The van der Waals surface area contributed by atoms with E-state index in [0.29, 0.717) is 18.9 Å². The van der Waals surface area contributed by atoms with Gasteiger partial charge in [-0.25, -0.2) is 4.98 Å². The molecule has 3 aliphatic carbocycles. The number of thiazole rings is 1. The smallest absolute Gasteiger partial charge is 0.220 e. The summed E-state index contributed by atoms with van der Waals surface area (Å²) in [6.07, 6.45) is 4.01. The Morgan fingerprint density at radius 3 is 2.76 bits per heavy atom. The number of aliphatic hydroxyl groups excluding tert-OH is 2. The monoisotopic (exact) mass is 471 g/mol. The first-order valence-corrected chi connectivity index (χ1v) is 12.7. The largest absolute Gasteiger partial charge is 0.508 e. The number of hydrogen-bond donors (Lipinski definition) is 5. The molecule has 0 spiro atoms. The van der Waals surface area contributed by atoms with Crippen molar-refractivity contribution < 1.29 is 20.1 Å². The lowest BCUT2D eigenvalue weighted by atomic mass is 9.47. The molecule has 3 aliphatic rings. The van der Waals surface area contributed by atoms with E-state index in [-0.39, 0.29) is 35.5 Å². The summed E-state index contributed by atoms with van der Waals surface area (Å²) in [7, 11) is 0. The van der Waals surface area contributed by atoms with Gasteiger partial charge in [0.15, 0.2) is 5.13 Å². The zero-order chi connectivity index (χ0) is 23.4. The Hall–Kier alpha value is -2.16. The van der Waals surface area contributed by atoms with Crippen molar-refractivity contribution in [2.45, 2.75) is 70.4 Å². The maximum Gasteiger partial charge on any atom is 0.220 e. The van der Waals surface area contributed by atoms with Crippen molar-refractivity contribution in [3.63, 3.8) is 0 Å². The molecule has 178 valence electrons. The number of fused-ring (bicyclic) bond motifs is 2. The standard InChI is InChI=1S/C25H33N3O4S/c1-24-9-8-20(31)25(2,13-29)19(24)12-18-22(17(24)11-21(32)26-14-6-7-14)28-23(33-18)27-15-4-3-5-16(30)10-15/h3-5,10,14,17,19-20,29-31H,6-9,11-13H2,1-2H3,(H,26,32)(H,27,28)/t17-,19+,20-,24+,25+/m1/s1. The van der Waals surface area contributed by atoms with Gasteiger partial charge in [-0.05, 0) is 55.6 Å². The summed E-state index contributed by atoms with van der Waals surface area (Å²) in [5.41, 5.74) is 0.840. The van der Waals surface area contributed by atoms with Crippen molar-refractivity contribution >= 4 is 28.1 Å². The maximum atomic E-state index is 12.9. The average molecular weight is 472 g/mol. The summed E-state index contributed by atoms with van der Waals surface area (Å²) in [5.74, 6) is 0.197. The molecule has 2 fully saturated rings. The van der Waals surface area contributed by atoms with Crippen molar-refractivity contribution in [3.05, 3.63) is 34.8 Å². The Bertz CT molecular complexity index is 1050. The minimum absolute atomic E-state index is 0.0408. The molecule has 2 aromatic rings. The number of hydrogen-bond acceptors (Lipinski definition) is 7. The van der Waals surface area contributed by atoms with Crippen molar-refractivity contribution in [1.82, 2.24) is 10.3 Å². The van der Waals surface area contributed by atoms with Crippen molar-refractivity contribution in [2.24, 2.45) is 16.7 Å². The maximum absolute atomic E-state index is 12.9. The topological polar surface area (TPSA) is 115 Å². The van der Waals surface area contributed by atoms with E-state index in [4.69, 9.17) is 4.98 Å². The fourth-order valence-corrected chi connectivity index (χ4v) is 7.19. The van der Waals surface area contributed by atoms with Crippen LogP contribution in [0.15, 0.2) is 24.3 Å². The number of phenolic OH excluding ortho intramolecular Hbond substituents is 1. The Kier molecular flexibility index (Phi) is 5.66. The molecule has 1 aromatic carbocycles. The fraction of sp³-hybridized carbons (Fsp3) is 0.600. The molecule has 0 saturated heterocycles. The van der Waals surface area contributed by atoms with Gasteiger partial charge in [0, 0.05) is 40.4 Å². The van der Waals surface area contributed by atoms with E-state index >= 15 is 0 Å². The van der Waals surface area contributed by atoms with Crippen LogP contribution in [0.2, 0.25) is 0 Å². The summed E-state index contributed by atoms with van der Waals surface area (Å²) < 4.78 is 0. The van der Waals surface area contributed by atoms with Crippen LogP contribution in [0.3, 0.4) is 0 Å². The molecule has 2 saturated carbocycles. The first-order chi connectivity index (χ1) is 15.7. The first-order valence-electron chi connectivity index (χ1n) is 11.9. The van der Waals surface area contributed by atoms with Crippen LogP contribution in [0.5, 0.6) is 5.75 Å². The van der Waals surface area contributed by atoms with Gasteiger partial charge in [-0.15, -0.1) is 11.3 Å². The number of phenols is 1. The van der Waals surface area contributed by atoms with Crippen molar-refractivity contribution in [3.8, 4) is 5.75 Å². The summed E-state index contributed by atoms with van der Waals surface area (Å²) in [6, 6.07) is 7.24. The Balaban J connectivity index is 1.52. The average Bonchev–Trinajstić information content (AvgIpc) is 3.50. The van der Waals surface area contributed by atoms with Crippen LogP contribution in [0.25, 0.3) is 0 Å². The van der Waals surface area contributed by atoms with Crippen LogP contribution in [0.1, 0.15) is 62.4 Å². The van der Waals surface area contributed by atoms with E-state index in [1.807, 2.05) is 13.0 Å². The summed E-state index contributed by atoms with van der Waals surface area (Å²) in [4.78, 5) is 19.0. The first kappa shape index (κ1) is 22.6. The van der Waals surface area contributed by atoms with Gasteiger partial charge >= 0.3 is 0 Å². The van der Waals surface area contributed by atoms with Gasteiger partial charge in [0.1, 0.15) is 5.75 Å². The van der Waals surface area contributed by atoms with E-state index in [2.05, 4.69) is 17.6 Å². The second-order valence-corrected chi connectivity index (χ2v) is 11.7. The highest BCUT2D eigenvalue weighted by Gasteiger charge is 2.59. The molecule has 1 aromatic heterocycles. The molecule has 5 N–H and O–H groups in total. The lowest BCUT2D eigenvalue weighted by molar-refractivity contribution is -0.144. The third-order valence-electron chi connectivity index (χ3n) is 8.32.